The van der Waals surface area contributed by atoms with E-state index in [1.54, 1.807) is 6.20 Å². The van der Waals surface area contributed by atoms with Crippen molar-refractivity contribution in [1.82, 2.24) is 15.0 Å². The number of aromatic nitrogens is 3. The van der Waals surface area contributed by atoms with Crippen LogP contribution in [0.3, 0.4) is 0 Å². The van der Waals surface area contributed by atoms with Gasteiger partial charge in [-0.15, -0.1) is 0 Å². The maximum Gasteiger partial charge on any atom is 0.162 e. The Morgan fingerprint density at radius 2 is 1.85 bits per heavy atom. The van der Waals surface area contributed by atoms with Crippen LogP contribution >= 0.6 is 0 Å². The molecule has 3 rings (SSSR count). The van der Waals surface area contributed by atoms with Gasteiger partial charge in [0.1, 0.15) is 17.9 Å². The lowest BCUT2D eigenvalue weighted by atomic mass is 9.99. The summed E-state index contributed by atoms with van der Waals surface area (Å²) < 4.78 is 32.2. The highest BCUT2D eigenvalue weighted by atomic mass is 19.2. The maximum atomic E-state index is 13.6. The molecule has 2 heterocycles. The Hall–Kier alpha value is -3.09. The smallest absolute Gasteiger partial charge is 0.162 e. The van der Waals surface area contributed by atoms with Crippen LogP contribution in [0, 0.1) is 18.6 Å². The van der Waals surface area contributed by atoms with E-state index in [1.807, 2.05) is 32.0 Å². The second-order valence-corrected chi connectivity index (χ2v) is 6.27. The highest BCUT2D eigenvalue weighted by Gasteiger charge is 2.16. The molecule has 27 heavy (non-hydrogen) atoms. The van der Waals surface area contributed by atoms with Gasteiger partial charge in [-0.2, -0.15) is 0 Å². The molecule has 0 bridgehead atoms. The minimum Gasteiger partial charge on any atom is -0.496 e. The molecule has 0 unspecified atom stereocenters. The molecule has 7 heteroatoms. The lowest BCUT2D eigenvalue weighted by molar-refractivity contribution is 0.398. The molecule has 0 saturated heterocycles. The molecule has 0 aliphatic carbocycles. The molecule has 0 aliphatic rings. The molecule has 2 aromatic heterocycles. The van der Waals surface area contributed by atoms with Crippen molar-refractivity contribution in [2.45, 2.75) is 19.8 Å². The van der Waals surface area contributed by atoms with E-state index in [1.165, 1.54) is 19.5 Å². The molecule has 1 aromatic carbocycles. The van der Waals surface area contributed by atoms with Crippen molar-refractivity contribution in [2.75, 3.05) is 19.0 Å². The minimum atomic E-state index is -0.928. The number of anilines is 1. The normalized spacial score (nSPS) is 11.9. The Morgan fingerprint density at radius 3 is 2.56 bits per heavy atom. The number of nitrogens with one attached hydrogen (secondary N) is 1. The number of pyridine rings is 1. The van der Waals surface area contributed by atoms with Crippen LogP contribution in [0.5, 0.6) is 5.75 Å². The summed E-state index contributed by atoms with van der Waals surface area (Å²) >= 11 is 0. The predicted molar refractivity (Wildman–Crippen MR) is 99.8 cm³/mol. The van der Waals surface area contributed by atoms with Gasteiger partial charge >= 0.3 is 0 Å². The summed E-state index contributed by atoms with van der Waals surface area (Å²) in [5, 5.41) is 3.21. The van der Waals surface area contributed by atoms with Crippen molar-refractivity contribution in [2.24, 2.45) is 0 Å². The number of methoxy groups -OCH3 is 1. The molecule has 0 amide bonds. The van der Waals surface area contributed by atoms with Gasteiger partial charge < -0.3 is 10.1 Å². The van der Waals surface area contributed by atoms with E-state index >= 15 is 0 Å². The zero-order valence-electron chi connectivity index (χ0n) is 15.3. The molecule has 1 atom stereocenters. The first-order chi connectivity index (χ1) is 13.0. The van der Waals surface area contributed by atoms with E-state index in [0.717, 1.165) is 23.0 Å². The fraction of sp³-hybridized carbons (Fsp3) is 0.250. The van der Waals surface area contributed by atoms with Crippen LogP contribution in [-0.4, -0.2) is 28.6 Å². The number of halogens is 2. The Kier molecular flexibility index (Phi) is 5.59. The monoisotopic (exact) mass is 370 g/mol. The van der Waals surface area contributed by atoms with Crippen molar-refractivity contribution in [1.29, 1.82) is 0 Å². The standard InChI is InChI=1S/C20H20F2N4O/c1-12(15-6-16(21)17(22)7-19(15)27-3)9-24-20-8-18(25-11-26-20)14-5-4-13(2)23-10-14/h4-8,10-12H,9H2,1-3H3,(H,24,25,26)/t12-/m1/s1. The first-order valence-corrected chi connectivity index (χ1v) is 8.49. The lowest BCUT2D eigenvalue weighted by Crippen LogP contribution is -2.12. The van der Waals surface area contributed by atoms with E-state index in [-0.39, 0.29) is 5.92 Å². The summed E-state index contributed by atoms with van der Waals surface area (Å²) in [6, 6.07) is 7.92. The molecule has 0 spiro atoms. The zero-order valence-corrected chi connectivity index (χ0v) is 15.3. The van der Waals surface area contributed by atoms with Crippen molar-refractivity contribution < 1.29 is 13.5 Å². The highest BCUT2D eigenvalue weighted by Crippen LogP contribution is 2.29. The first kappa shape index (κ1) is 18.7. The predicted octanol–water partition coefficient (Wildman–Crippen LogP) is 4.35. The lowest BCUT2D eigenvalue weighted by Gasteiger charge is -2.17. The van der Waals surface area contributed by atoms with Gasteiger partial charge in [-0.05, 0) is 25.1 Å². The van der Waals surface area contributed by atoms with Crippen molar-refractivity contribution in [3.63, 3.8) is 0 Å². The van der Waals surface area contributed by atoms with Gasteiger partial charge in [-0.3, -0.25) is 4.98 Å². The van der Waals surface area contributed by atoms with Crippen LogP contribution < -0.4 is 10.1 Å². The van der Waals surface area contributed by atoms with Crippen LogP contribution in [0.1, 0.15) is 24.1 Å². The van der Waals surface area contributed by atoms with E-state index in [9.17, 15) is 8.78 Å². The molecule has 1 N–H and O–H groups in total. The number of aryl methyl sites for hydroxylation is 1. The molecule has 5 nitrogen and oxygen atoms in total. The highest BCUT2D eigenvalue weighted by molar-refractivity contribution is 5.61. The van der Waals surface area contributed by atoms with Crippen molar-refractivity contribution in [3.8, 4) is 17.0 Å². The summed E-state index contributed by atoms with van der Waals surface area (Å²) in [4.78, 5) is 12.8. The van der Waals surface area contributed by atoms with Crippen LogP contribution in [0.15, 0.2) is 42.9 Å². The van der Waals surface area contributed by atoms with Crippen molar-refractivity contribution >= 4 is 5.82 Å². The van der Waals surface area contributed by atoms with Crippen molar-refractivity contribution in [3.05, 3.63) is 65.7 Å². The molecular weight excluding hydrogens is 350 g/mol. The number of rotatable bonds is 6. The average Bonchev–Trinajstić information content (AvgIpc) is 2.68. The Morgan fingerprint density at radius 1 is 1.07 bits per heavy atom. The maximum absolute atomic E-state index is 13.6. The van der Waals surface area contributed by atoms with Gasteiger partial charge in [0.15, 0.2) is 11.6 Å². The topological polar surface area (TPSA) is 59.9 Å². The summed E-state index contributed by atoms with van der Waals surface area (Å²) in [6.07, 6.45) is 3.23. The fourth-order valence-electron chi connectivity index (χ4n) is 2.70. The quantitative estimate of drug-likeness (QED) is 0.699. The largest absolute Gasteiger partial charge is 0.496 e. The SMILES string of the molecule is COc1cc(F)c(F)cc1[C@H](C)CNc1cc(-c2ccc(C)nc2)ncn1. The molecular formula is C20H20F2N4O. The Bertz CT molecular complexity index is 932. The molecule has 0 radical (unpaired) electrons. The van der Waals surface area contributed by atoms with Gasteiger partial charge in [0.2, 0.25) is 0 Å². The fourth-order valence-corrected chi connectivity index (χ4v) is 2.70. The second-order valence-electron chi connectivity index (χ2n) is 6.27. The number of ether oxygens (including phenoxy) is 1. The molecule has 0 fully saturated rings. The van der Waals surface area contributed by atoms with E-state index < -0.39 is 11.6 Å². The summed E-state index contributed by atoms with van der Waals surface area (Å²) in [5.74, 6) is -1.00. The first-order valence-electron chi connectivity index (χ1n) is 8.49. The summed E-state index contributed by atoms with van der Waals surface area (Å²) in [6.45, 7) is 4.28. The van der Waals surface area contributed by atoms with Gasteiger partial charge in [0, 0.05) is 47.6 Å². The second kappa shape index (κ2) is 8.07. The number of hydrogen-bond donors (Lipinski definition) is 1. The third-order valence-electron chi connectivity index (χ3n) is 4.27. The number of hydrogen-bond acceptors (Lipinski definition) is 5. The van der Waals surface area contributed by atoms with Gasteiger partial charge in [-0.1, -0.05) is 6.92 Å². The zero-order chi connectivity index (χ0) is 19.4. The molecule has 0 saturated carbocycles. The molecule has 140 valence electrons. The molecule has 0 aliphatic heterocycles. The van der Waals surface area contributed by atoms with Crippen LogP contribution in [0.4, 0.5) is 14.6 Å². The minimum absolute atomic E-state index is 0.130. The van der Waals surface area contributed by atoms with Gasteiger partial charge in [0.25, 0.3) is 0 Å². The van der Waals surface area contributed by atoms with Crippen LogP contribution in [-0.2, 0) is 0 Å². The van der Waals surface area contributed by atoms with E-state index in [4.69, 9.17) is 4.74 Å². The van der Waals surface area contributed by atoms with E-state index in [2.05, 4.69) is 20.3 Å². The summed E-state index contributed by atoms with van der Waals surface area (Å²) in [7, 11) is 1.43. The van der Waals surface area contributed by atoms with E-state index in [0.29, 0.717) is 23.7 Å². The van der Waals surface area contributed by atoms with Gasteiger partial charge in [0.05, 0.1) is 12.8 Å². The van der Waals surface area contributed by atoms with Crippen LogP contribution in [0.25, 0.3) is 11.3 Å². The third-order valence-corrected chi connectivity index (χ3v) is 4.27. The Labute approximate surface area is 156 Å². The Balaban J connectivity index is 1.74. The summed E-state index contributed by atoms with van der Waals surface area (Å²) in [5.41, 5.74) is 3.15. The average molecular weight is 370 g/mol. The van der Waals surface area contributed by atoms with Crippen LogP contribution in [0.2, 0.25) is 0 Å². The third kappa shape index (κ3) is 4.36. The number of benzene rings is 1. The number of nitrogens with zero attached hydrogens (tertiary/aromatic N) is 3. The molecule has 3 aromatic rings. The van der Waals surface area contributed by atoms with Gasteiger partial charge in [-0.25, -0.2) is 18.7 Å².